The Bertz CT molecular complexity index is 575. The van der Waals surface area contributed by atoms with Crippen molar-refractivity contribution in [2.24, 2.45) is 7.05 Å². The van der Waals surface area contributed by atoms with E-state index < -0.39 is 11.7 Å². The molecule has 0 aliphatic rings. The molecule has 2 aromatic rings. The van der Waals surface area contributed by atoms with Crippen LogP contribution in [0.25, 0.3) is 0 Å². The summed E-state index contributed by atoms with van der Waals surface area (Å²) in [5, 5.41) is 7.16. The second-order valence-corrected chi connectivity index (χ2v) is 4.89. The van der Waals surface area contributed by atoms with Gasteiger partial charge in [-0.25, -0.2) is 4.98 Å². The molecule has 1 heterocycles. The van der Waals surface area contributed by atoms with Crippen molar-refractivity contribution in [2.75, 3.05) is 7.05 Å². The fourth-order valence-corrected chi connectivity index (χ4v) is 2.12. The molecule has 0 saturated carbocycles. The van der Waals surface area contributed by atoms with Crippen LogP contribution < -0.4 is 5.32 Å². The third kappa shape index (κ3) is 4.04. The maximum absolute atomic E-state index is 12.5. The molecule has 0 amide bonds. The zero-order valence-electron chi connectivity index (χ0n) is 11.9. The van der Waals surface area contributed by atoms with Gasteiger partial charge in [0.15, 0.2) is 0 Å². The summed E-state index contributed by atoms with van der Waals surface area (Å²) in [6, 6.07) is 5.35. The van der Waals surface area contributed by atoms with Gasteiger partial charge in [-0.2, -0.15) is 18.3 Å². The van der Waals surface area contributed by atoms with Crippen LogP contribution in [0.4, 0.5) is 13.2 Å². The van der Waals surface area contributed by atoms with Crippen molar-refractivity contribution in [3.05, 3.63) is 47.5 Å². The molecule has 2 rings (SSSR count). The molecular weight excluding hydrogens is 281 g/mol. The van der Waals surface area contributed by atoms with Gasteiger partial charge in [0.2, 0.25) is 0 Å². The maximum Gasteiger partial charge on any atom is 0.416 e. The fourth-order valence-electron chi connectivity index (χ4n) is 2.12. The molecule has 0 radical (unpaired) electrons. The quantitative estimate of drug-likeness (QED) is 0.920. The molecule has 0 spiro atoms. The zero-order chi connectivity index (χ0) is 15.5. The molecule has 0 aliphatic heterocycles. The van der Waals surface area contributed by atoms with E-state index in [0.717, 1.165) is 23.5 Å². The molecular formula is C14H17F3N4. The van der Waals surface area contributed by atoms with Crippen LogP contribution in [0.2, 0.25) is 0 Å². The van der Waals surface area contributed by atoms with Gasteiger partial charge in [-0.05, 0) is 31.2 Å². The Morgan fingerprint density at radius 3 is 2.33 bits per heavy atom. The summed E-state index contributed by atoms with van der Waals surface area (Å²) in [6.45, 7) is 0. The minimum atomic E-state index is -4.29. The summed E-state index contributed by atoms with van der Waals surface area (Å²) in [6.07, 6.45) is -1.52. The van der Waals surface area contributed by atoms with E-state index in [1.54, 1.807) is 4.68 Å². The van der Waals surface area contributed by atoms with Gasteiger partial charge in [0, 0.05) is 19.5 Å². The molecule has 1 aromatic carbocycles. The first-order valence-electron chi connectivity index (χ1n) is 6.56. The standard InChI is InChI=1S/C14H17F3N4/c1-18-12(8-13-19-9-20-21(13)2)7-10-3-5-11(6-4-10)14(15,16)17/h3-6,9,12,18H,7-8H2,1-2H3. The predicted octanol–water partition coefficient (Wildman–Crippen LogP) is 2.21. The van der Waals surface area contributed by atoms with Crippen LogP contribution in [-0.2, 0) is 26.1 Å². The molecule has 1 N–H and O–H groups in total. The van der Waals surface area contributed by atoms with Crippen LogP contribution in [0.1, 0.15) is 17.0 Å². The average molecular weight is 298 g/mol. The lowest BCUT2D eigenvalue weighted by molar-refractivity contribution is -0.137. The van der Waals surface area contributed by atoms with E-state index in [4.69, 9.17) is 0 Å². The van der Waals surface area contributed by atoms with Gasteiger partial charge in [0.05, 0.1) is 5.56 Å². The topological polar surface area (TPSA) is 42.7 Å². The highest BCUT2D eigenvalue weighted by Gasteiger charge is 2.30. The van der Waals surface area contributed by atoms with Gasteiger partial charge < -0.3 is 5.32 Å². The second kappa shape index (κ2) is 6.26. The molecule has 114 valence electrons. The van der Waals surface area contributed by atoms with Gasteiger partial charge in [0.1, 0.15) is 12.2 Å². The van der Waals surface area contributed by atoms with Crippen LogP contribution >= 0.6 is 0 Å². The minimum absolute atomic E-state index is 0.0876. The Morgan fingerprint density at radius 1 is 1.19 bits per heavy atom. The summed E-state index contributed by atoms with van der Waals surface area (Å²) in [4.78, 5) is 4.15. The number of rotatable bonds is 5. The van der Waals surface area contributed by atoms with Gasteiger partial charge in [-0.1, -0.05) is 12.1 Å². The molecule has 1 aromatic heterocycles. The van der Waals surface area contributed by atoms with E-state index in [9.17, 15) is 13.2 Å². The monoisotopic (exact) mass is 298 g/mol. The number of nitrogens with one attached hydrogen (secondary N) is 1. The lowest BCUT2D eigenvalue weighted by atomic mass is 10.0. The Hall–Kier alpha value is -1.89. The Kier molecular flexibility index (Phi) is 4.62. The molecule has 1 unspecified atom stereocenters. The first-order valence-corrected chi connectivity index (χ1v) is 6.56. The van der Waals surface area contributed by atoms with Crippen molar-refractivity contribution in [3.63, 3.8) is 0 Å². The first-order chi connectivity index (χ1) is 9.90. The lowest BCUT2D eigenvalue weighted by Crippen LogP contribution is -2.31. The summed E-state index contributed by atoms with van der Waals surface area (Å²) < 4.78 is 39.2. The SMILES string of the molecule is CNC(Cc1ccc(C(F)(F)F)cc1)Cc1ncnn1C. The highest BCUT2D eigenvalue weighted by Crippen LogP contribution is 2.29. The van der Waals surface area contributed by atoms with E-state index in [2.05, 4.69) is 15.4 Å². The van der Waals surface area contributed by atoms with Gasteiger partial charge in [0.25, 0.3) is 0 Å². The molecule has 0 bridgehead atoms. The van der Waals surface area contributed by atoms with E-state index in [0.29, 0.717) is 12.8 Å². The molecule has 7 heteroatoms. The van der Waals surface area contributed by atoms with E-state index in [1.165, 1.54) is 18.5 Å². The lowest BCUT2D eigenvalue weighted by Gasteiger charge is -2.16. The summed E-state index contributed by atoms with van der Waals surface area (Å²) in [7, 11) is 3.64. The Labute approximate surface area is 121 Å². The van der Waals surface area contributed by atoms with Crippen molar-refractivity contribution in [3.8, 4) is 0 Å². The number of aromatic nitrogens is 3. The van der Waals surface area contributed by atoms with E-state index in [1.807, 2.05) is 14.1 Å². The third-order valence-electron chi connectivity index (χ3n) is 3.41. The van der Waals surface area contributed by atoms with Crippen molar-refractivity contribution < 1.29 is 13.2 Å². The van der Waals surface area contributed by atoms with Crippen LogP contribution in [0.5, 0.6) is 0 Å². The number of likely N-dealkylation sites (N-methyl/N-ethyl adjacent to an activating group) is 1. The molecule has 0 saturated heterocycles. The van der Waals surface area contributed by atoms with E-state index in [-0.39, 0.29) is 6.04 Å². The van der Waals surface area contributed by atoms with E-state index >= 15 is 0 Å². The highest BCUT2D eigenvalue weighted by molar-refractivity contribution is 5.25. The Balaban J connectivity index is 2.03. The molecule has 0 aliphatic carbocycles. The number of nitrogens with zero attached hydrogens (tertiary/aromatic N) is 3. The van der Waals surface area contributed by atoms with Crippen LogP contribution in [0.3, 0.4) is 0 Å². The molecule has 0 fully saturated rings. The van der Waals surface area contributed by atoms with Crippen molar-refractivity contribution in [1.29, 1.82) is 0 Å². The number of aryl methyl sites for hydroxylation is 1. The number of alkyl halides is 3. The Morgan fingerprint density at radius 2 is 1.86 bits per heavy atom. The minimum Gasteiger partial charge on any atom is -0.316 e. The fraction of sp³-hybridized carbons (Fsp3) is 0.429. The molecule has 4 nitrogen and oxygen atoms in total. The largest absolute Gasteiger partial charge is 0.416 e. The van der Waals surface area contributed by atoms with Gasteiger partial charge in [-0.15, -0.1) is 0 Å². The number of hydrogen-bond acceptors (Lipinski definition) is 3. The number of benzene rings is 1. The third-order valence-corrected chi connectivity index (χ3v) is 3.41. The first kappa shape index (κ1) is 15.5. The average Bonchev–Trinajstić information content (AvgIpc) is 2.83. The van der Waals surface area contributed by atoms with Crippen molar-refractivity contribution in [2.45, 2.75) is 25.1 Å². The molecule has 1 atom stereocenters. The maximum atomic E-state index is 12.5. The van der Waals surface area contributed by atoms with Crippen molar-refractivity contribution in [1.82, 2.24) is 20.1 Å². The predicted molar refractivity (Wildman–Crippen MR) is 72.7 cm³/mol. The van der Waals surface area contributed by atoms with Crippen molar-refractivity contribution >= 4 is 0 Å². The number of hydrogen-bond donors (Lipinski definition) is 1. The second-order valence-electron chi connectivity index (χ2n) is 4.89. The van der Waals surface area contributed by atoms with Crippen LogP contribution in [0, 0.1) is 0 Å². The number of halogens is 3. The normalized spacial score (nSPS) is 13.4. The molecule has 21 heavy (non-hydrogen) atoms. The van der Waals surface area contributed by atoms with Gasteiger partial charge in [-0.3, -0.25) is 4.68 Å². The van der Waals surface area contributed by atoms with Gasteiger partial charge >= 0.3 is 6.18 Å². The smallest absolute Gasteiger partial charge is 0.316 e. The summed E-state index contributed by atoms with van der Waals surface area (Å²) in [5.74, 6) is 0.835. The van der Waals surface area contributed by atoms with Crippen LogP contribution in [-0.4, -0.2) is 27.9 Å². The van der Waals surface area contributed by atoms with Crippen LogP contribution in [0.15, 0.2) is 30.6 Å². The highest BCUT2D eigenvalue weighted by atomic mass is 19.4. The zero-order valence-corrected chi connectivity index (χ0v) is 11.9. The summed E-state index contributed by atoms with van der Waals surface area (Å²) in [5.41, 5.74) is 0.227. The summed E-state index contributed by atoms with van der Waals surface area (Å²) >= 11 is 0.